The summed E-state index contributed by atoms with van der Waals surface area (Å²) in [6, 6.07) is 9.60. The van der Waals surface area contributed by atoms with Crippen molar-refractivity contribution in [2.45, 2.75) is 70.9 Å². The summed E-state index contributed by atoms with van der Waals surface area (Å²) in [5, 5.41) is 8.24. The lowest BCUT2D eigenvalue weighted by molar-refractivity contribution is -0.189. The first kappa shape index (κ1) is 39.7. The summed E-state index contributed by atoms with van der Waals surface area (Å²) in [6.07, 6.45) is 3.57. The average Bonchev–Trinajstić information content (AvgIpc) is 3.82. The molecule has 3 aliphatic carbocycles. The SMILES string of the molecule is C=C(N1C[C@@H](CCl)c2c1cc(OP(=O)(O)O)c1[nH]cc(C)c21)C12CC(C(=O)N3C[C@@H](CCl)c4c3cc(NC(=O)[C@H](C)NC(=O)[C@@H](N)C(C)C)c3ccccc43)(C1)C2. The summed E-state index contributed by atoms with van der Waals surface area (Å²) in [5.74, 6) is -0.439. The Kier molecular flexibility index (Phi) is 9.77. The predicted octanol–water partition coefficient (Wildman–Crippen LogP) is 6.72. The van der Waals surface area contributed by atoms with Crippen molar-refractivity contribution in [3.8, 4) is 5.75 Å². The molecular formula is C41H47Cl2N6O7P. The summed E-state index contributed by atoms with van der Waals surface area (Å²) in [6.45, 7) is 12.7. The van der Waals surface area contributed by atoms with Crippen LogP contribution in [0.1, 0.15) is 68.6 Å². The molecular weight excluding hydrogens is 790 g/mol. The number of aromatic nitrogens is 1. The number of phosphoric ester groups is 1. The van der Waals surface area contributed by atoms with Gasteiger partial charge < -0.3 is 35.7 Å². The number of benzene rings is 3. The van der Waals surface area contributed by atoms with Crippen molar-refractivity contribution < 1.29 is 33.3 Å². The quantitative estimate of drug-likeness (QED) is 0.0665. The van der Waals surface area contributed by atoms with Crippen LogP contribution >= 0.6 is 31.0 Å². The van der Waals surface area contributed by atoms with E-state index in [0.717, 1.165) is 44.2 Å². The van der Waals surface area contributed by atoms with Crippen molar-refractivity contribution in [3.63, 3.8) is 0 Å². The minimum atomic E-state index is -4.87. The summed E-state index contributed by atoms with van der Waals surface area (Å²) in [5.41, 5.74) is 11.2. The van der Waals surface area contributed by atoms with Crippen LogP contribution in [-0.4, -0.2) is 69.4 Å². The highest BCUT2D eigenvalue weighted by molar-refractivity contribution is 7.46. The fourth-order valence-corrected chi connectivity index (χ4v) is 10.7. The molecule has 0 unspecified atom stereocenters. The zero-order valence-corrected chi connectivity index (χ0v) is 34.6. The van der Waals surface area contributed by atoms with E-state index in [9.17, 15) is 28.7 Å². The molecule has 13 nitrogen and oxygen atoms in total. The first-order valence-corrected chi connectivity index (χ1v) is 21.8. The number of nitrogens with zero attached hydrogens (tertiary/aromatic N) is 2. The number of allylic oxidation sites excluding steroid dienone is 1. The van der Waals surface area contributed by atoms with Crippen molar-refractivity contribution in [2.75, 3.05) is 40.0 Å². The highest BCUT2D eigenvalue weighted by atomic mass is 35.5. The first-order valence-electron chi connectivity index (χ1n) is 19.2. The van der Waals surface area contributed by atoms with Gasteiger partial charge in [-0.3, -0.25) is 24.2 Å². The molecule has 3 saturated carbocycles. The van der Waals surface area contributed by atoms with Crippen LogP contribution in [0.3, 0.4) is 0 Å². The van der Waals surface area contributed by atoms with Gasteiger partial charge in [0, 0.05) is 82.2 Å². The van der Waals surface area contributed by atoms with Gasteiger partial charge in [0.2, 0.25) is 17.7 Å². The molecule has 4 aromatic rings. The number of nitrogens with one attached hydrogen (secondary N) is 3. The minimum Gasteiger partial charge on any atom is -0.402 e. The number of carbonyl (C=O) groups excluding carboxylic acids is 3. The van der Waals surface area contributed by atoms with Gasteiger partial charge in [-0.25, -0.2) is 4.57 Å². The number of nitrogens with two attached hydrogens (primary N) is 1. The van der Waals surface area contributed by atoms with E-state index in [-0.39, 0.29) is 34.8 Å². The number of halogens is 2. The van der Waals surface area contributed by atoms with Crippen molar-refractivity contribution in [1.29, 1.82) is 0 Å². The number of rotatable bonds is 12. The van der Waals surface area contributed by atoms with Crippen LogP contribution in [0, 0.1) is 23.7 Å². The van der Waals surface area contributed by atoms with Gasteiger partial charge in [0.25, 0.3) is 0 Å². The smallest absolute Gasteiger partial charge is 0.402 e. The van der Waals surface area contributed by atoms with Gasteiger partial charge in [0.05, 0.1) is 22.7 Å². The van der Waals surface area contributed by atoms with Crippen LogP contribution in [0.4, 0.5) is 17.1 Å². The van der Waals surface area contributed by atoms with Crippen LogP contribution in [0.2, 0.25) is 0 Å². The fraction of sp³-hybridized carbons (Fsp3) is 0.439. The number of aromatic amines is 1. The van der Waals surface area contributed by atoms with E-state index in [1.165, 1.54) is 0 Å². The molecule has 3 aromatic carbocycles. The Morgan fingerprint density at radius 2 is 1.60 bits per heavy atom. The van der Waals surface area contributed by atoms with Gasteiger partial charge in [0.15, 0.2) is 5.75 Å². The zero-order valence-electron chi connectivity index (χ0n) is 32.2. The molecule has 9 rings (SSSR count). The molecule has 0 radical (unpaired) electrons. The molecule has 7 N–H and O–H groups in total. The van der Waals surface area contributed by atoms with Gasteiger partial charge in [-0.05, 0) is 67.2 Å². The Morgan fingerprint density at radius 1 is 0.982 bits per heavy atom. The second kappa shape index (κ2) is 14.0. The fourth-order valence-electron chi connectivity index (χ4n) is 9.77. The summed E-state index contributed by atoms with van der Waals surface area (Å²) < 4.78 is 17.2. The number of phosphoric acid groups is 1. The lowest BCUT2D eigenvalue weighted by Gasteiger charge is -2.71. The van der Waals surface area contributed by atoms with E-state index in [2.05, 4.69) is 27.1 Å². The monoisotopic (exact) mass is 836 g/mol. The Hall–Kier alpha value is -4.10. The molecule has 3 amide bonds. The lowest BCUT2D eigenvalue weighted by Crippen LogP contribution is -2.70. The highest BCUT2D eigenvalue weighted by Gasteiger charge is 2.74. The van der Waals surface area contributed by atoms with Crippen LogP contribution in [0.5, 0.6) is 5.75 Å². The maximum absolute atomic E-state index is 14.7. The van der Waals surface area contributed by atoms with Crippen molar-refractivity contribution in [2.24, 2.45) is 22.5 Å². The van der Waals surface area contributed by atoms with E-state index in [1.807, 2.05) is 56.0 Å². The third-order valence-electron chi connectivity index (χ3n) is 12.7. The maximum atomic E-state index is 14.7. The number of hydrogen-bond acceptors (Lipinski definition) is 7. The number of fused-ring (bicyclic) bond motifs is 6. The average molecular weight is 838 g/mol. The molecule has 16 heteroatoms. The van der Waals surface area contributed by atoms with Crippen LogP contribution in [0.15, 0.2) is 54.9 Å². The highest BCUT2D eigenvalue weighted by Crippen LogP contribution is 2.77. The van der Waals surface area contributed by atoms with Gasteiger partial charge >= 0.3 is 7.82 Å². The van der Waals surface area contributed by atoms with E-state index in [0.29, 0.717) is 61.0 Å². The van der Waals surface area contributed by atoms with E-state index in [1.54, 1.807) is 19.2 Å². The molecule has 302 valence electrons. The normalized spacial score (nSPS) is 24.5. The topological polar surface area (TPSA) is 190 Å². The number of H-pyrrole nitrogens is 1. The Balaban J connectivity index is 1.06. The number of amides is 3. The molecule has 57 heavy (non-hydrogen) atoms. The van der Waals surface area contributed by atoms with Crippen LogP contribution in [-0.2, 0) is 18.9 Å². The number of anilines is 3. The molecule has 3 fully saturated rings. The summed E-state index contributed by atoms with van der Waals surface area (Å²) in [4.78, 5) is 67.4. The van der Waals surface area contributed by atoms with Gasteiger partial charge in [-0.1, -0.05) is 44.7 Å². The van der Waals surface area contributed by atoms with E-state index in [4.69, 9.17) is 33.5 Å². The summed E-state index contributed by atoms with van der Waals surface area (Å²) >= 11 is 13.1. The van der Waals surface area contributed by atoms with Gasteiger partial charge in [0.1, 0.15) is 6.04 Å². The maximum Gasteiger partial charge on any atom is 0.524 e. The van der Waals surface area contributed by atoms with Crippen molar-refractivity contribution in [3.05, 3.63) is 71.6 Å². The molecule has 2 aliphatic heterocycles. The zero-order chi connectivity index (χ0) is 40.9. The second-order valence-corrected chi connectivity index (χ2v) is 18.6. The number of hydrogen-bond donors (Lipinski definition) is 6. The third kappa shape index (κ3) is 6.33. The molecule has 0 spiro atoms. The molecule has 1 aromatic heterocycles. The van der Waals surface area contributed by atoms with Crippen LogP contribution < -0.4 is 30.7 Å². The van der Waals surface area contributed by atoms with Crippen molar-refractivity contribution in [1.82, 2.24) is 10.3 Å². The molecule has 4 atom stereocenters. The van der Waals surface area contributed by atoms with E-state index < -0.39 is 37.1 Å². The Morgan fingerprint density at radius 3 is 2.23 bits per heavy atom. The number of alkyl halides is 2. The van der Waals surface area contributed by atoms with Crippen molar-refractivity contribution >= 4 is 87.5 Å². The summed E-state index contributed by atoms with van der Waals surface area (Å²) in [7, 11) is -4.87. The standard InChI is InChI=1S/C41H47Cl2N6O7P/c1-20(2)35(44)38(51)46-22(4)37(50)47-28-10-29-33(27-9-7-6-8-26(27)28)24(12-42)16-49(29)39(52)41-17-40(18-41,19-41)23(5)48-15-25(13-43)34-30(48)11-31(56-57(53,54)55)36-32(34)21(3)14-45-36/h6-11,14,20,22,24-25,35,45H,5,12-13,15-19,44H2,1-4H3,(H,46,51)(H,47,50)(H2,53,54,55)/t22-,24+,25+,35-,40?,41?/m0/s1. The Labute approximate surface area is 340 Å². The number of carbonyl (C=O) groups is 3. The first-order chi connectivity index (χ1) is 26.9. The van der Waals surface area contributed by atoms with Crippen LogP contribution in [0.25, 0.3) is 21.7 Å². The van der Waals surface area contributed by atoms with Gasteiger partial charge in [-0.2, -0.15) is 0 Å². The predicted molar refractivity (Wildman–Crippen MR) is 223 cm³/mol. The number of aryl methyl sites for hydroxylation is 1. The Bertz CT molecular complexity index is 2410. The third-order valence-corrected chi connectivity index (χ3v) is 13.9. The second-order valence-electron chi connectivity index (χ2n) is 16.8. The molecule has 5 aliphatic rings. The van der Waals surface area contributed by atoms with Gasteiger partial charge in [-0.15, -0.1) is 23.2 Å². The molecule has 0 saturated heterocycles. The largest absolute Gasteiger partial charge is 0.524 e. The minimum absolute atomic E-state index is 0.00402. The van der Waals surface area contributed by atoms with E-state index >= 15 is 0 Å². The molecule has 2 bridgehead atoms. The molecule has 3 heterocycles. The lowest BCUT2D eigenvalue weighted by atomic mass is 9.33.